The van der Waals surface area contributed by atoms with E-state index in [0.717, 1.165) is 42.3 Å². The average Bonchev–Trinajstić information content (AvgIpc) is 3.09. The molecule has 0 radical (unpaired) electrons. The monoisotopic (exact) mass is 347 g/mol. The van der Waals surface area contributed by atoms with Crippen LogP contribution in [0.2, 0.25) is 0 Å². The van der Waals surface area contributed by atoms with Crippen molar-refractivity contribution in [2.45, 2.75) is 32.0 Å². The molecule has 24 heavy (non-hydrogen) atoms. The summed E-state index contributed by atoms with van der Waals surface area (Å²) in [6.07, 6.45) is 5.06. The highest BCUT2D eigenvalue weighted by Crippen LogP contribution is 2.21. The van der Waals surface area contributed by atoms with E-state index in [9.17, 15) is 4.79 Å². The van der Waals surface area contributed by atoms with E-state index >= 15 is 0 Å². The second-order valence-corrected chi connectivity index (χ2v) is 6.41. The van der Waals surface area contributed by atoms with E-state index in [0.29, 0.717) is 13.2 Å². The van der Waals surface area contributed by atoms with Crippen LogP contribution in [0, 0.1) is 0 Å². The third-order valence-electron chi connectivity index (χ3n) is 3.64. The summed E-state index contributed by atoms with van der Waals surface area (Å²) >= 11 is 1.50. The van der Waals surface area contributed by atoms with E-state index in [1.807, 2.05) is 23.6 Å². The maximum Gasteiger partial charge on any atom is 0.226 e. The average molecular weight is 347 g/mol. The third kappa shape index (κ3) is 5.09. The number of amides is 1. The van der Waals surface area contributed by atoms with Crippen molar-refractivity contribution >= 4 is 17.2 Å². The zero-order chi connectivity index (χ0) is 16.6. The number of rotatable bonds is 7. The molecule has 2 aromatic rings. The number of aromatic nitrogens is 2. The molecule has 3 heterocycles. The van der Waals surface area contributed by atoms with Gasteiger partial charge in [0.15, 0.2) is 6.29 Å². The highest BCUT2D eigenvalue weighted by atomic mass is 32.1. The van der Waals surface area contributed by atoms with Crippen LogP contribution in [0.25, 0.3) is 10.7 Å². The van der Waals surface area contributed by atoms with E-state index in [1.54, 1.807) is 6.20 Å². The topological polar surface area (TPSA) is 73.3 Å². The zero-order valence-electron chi connectivity index (χ0n) is 13.4. The van der Waals surface area contributed by atoms with Gasteiger partial charge in [0.1, 0.15) is 5.01 Å². The van der Waals surface area contributed by atoms with Crippen molar-refractivity contribution in [3.8, 4) is 10.7 Å². The molecular weight excluding hydrogens is 326 g/mol. The molecule has 7 heteroatoms. The number of pyridine rings is 1. The van der Waals surface area contributed by atoms with Crippen LogP contribution in [0.3, 0.4) is 0 Å². The van der Waals surface area contributed by atoms with Crippen LogP contribution in [0.15, 0.2) is 29.8 Å². The number of nitrogens with one attached hydrogen (secondary N) is 1. The summed E-state index contributed by atoms with van der Waals surface area (Å²) in [5, 5.41) is 5.58. The molecule has 1 atom stereocenters. The smallest absolute Gasteiger partial charge is 0.226 e. The number of carbonyl (C=O) groups excluding carboxylic acids is 1. The summed E-state index contributed by atoms with van der Waals surface area (Å²) in [6.45, 7) is 1.71. The summed E-state index contributed by atoms with van der Waals surface area (Å²) in [5.41, 5.74) is 1.59. The van der Waals surface area contributed by atoms with Crippen molar-refractivity contribution < 1.29 is 14.3 Å². The Morgan fingerprint density at radius 2 is 2.38 bits per heavy atom. The highest BCUT2D eigenvalue weighted by molar-refractivity contribution is 7.13. The van der Waals surface area contributed by atoms with Crippen LogP contribution < -0.4 is 5.32 Å². The Morgan fingerprint density at radius 3 is 3.17 bits per heavy atom. The zero-order valence-corrected chi connectivity index (χ0v) is 14.3. The van der Waals surface area contributed by atoms with Gasteiger partial charge >= 0.3 is 0 Å². The minimum atomic E-state index is -0.116. The van der Waals surface area contributed by atoms with Crippen molar-refractivity contribution in [3.63, 3.8) is 0 Å². The SMILES string of the molecule is O=C(Cc1csc(-c2ccccn2)n1)NCCOC1CCCCO1. The van der Waals surface area contributed by atoms with Gasteiger partial charge in [-0.25, -0.2) is 4.98 Å². The first-order chi connectivity index (χ1) is 11.8. The van der Waals surface area contributed by atoms with Crippen molar-refractivity contribution in [1.29, 1.82) is 0 Å². The van der Waals surface area contributed by atoms with Crippen molar-refractivity contribution in [2.24, 2.45) is 0 Å². The largest absolute Gasteiger partial charge is 0.353 e. The molecule has 1 aliphatic rings. The minimum Gasteiger partial charge on any atom is -0.353 e. The Hall–Kier alpha value is -1.83. The van der Waals surface area contributed by atoms with Crippen molar-refractivity contribution in [3.05, 3.63) is 35.5 Å². The first kappa shape index (κ1) is 17.0. The van der Waals surface area contributed by atoms with Gasteiger partial charge in [-0.3, -0.25) is 9.78 Å². The molecule has 1 amide bonds. The molecular formula is C17H21N3O3S. The van der Waals surface area contributed by atoms with Gasteiger partial charge in [-0.1, -0.05) is 6.07 Å². The predicted molar refractivity (Wildman–Crippen MR) is 91.6 cm³/mol. The summed E-state index contributed by atoms with van der Waals surface area (Å²) in [5.74, 6) is -0.0546. The number of carbonyl (C=O) groups is 1. The molecule has 1 saturated heterocycles. The Kier molecular flexibility index (Phi) is 6.28. The maximum absolute atomic E-state index is 12.0. The number of thiazole rings is 1. The maximum atomic E-state index is 12.0. The summed E-state index contributed by atoms with van der Waals surface area (Å²) in [6, 6.07) is 5.70. The van der Waals surface area contributed by atoms with Crippen LogP contribution in [-0.4, -0.2) is 41.9 Å². The molecule has 2 aromatic heterocycles. The Labute approximate surface area is 145 Å². The summed E-state index contributed by atoms with van der Waals surface area (Å²) < 4.78 is 11.1. The molecule has 1 unspecified atom stereocenters. The second-order valence-electron chi connectivity index (χ2n) is 5.55. The van der Waals surface area contributed by atoms with Crippen molar-refractivity contribution in [1.82, 2.24) is 15.3 Å². The fraction of sp³-hybridized carbons (Fsp3) is 0.471. The molecule has 6 nitrogen and oxygen atoms in total. The quantitative estimate of drug-likeness (QED) is 0.779. The van der Waals surface area contributed by atoms with Gasteiger partial charge in [-0.05, 0) is 31.4 Å². The number of hydrogen-bond donors (Lipinski definition) is 1. The lowest BCUT2D eigenvalue weighted by molar-refractivity contribution is -0.161. The van der Waals surface area contributed by atoms with Gasteiger partial charge in [0.25, 0.3) is 0 Å². The van der Waals surface area contributed by atoms with E-state index in [2.05, 4.69) is 15.3 Å². The molecule has 1 fully saturated rings. The molecule has 0 aliphatic carbocycles. The lowest BCUT2D eigenvalue weighted by atomic mass is 10.2. The van der Waals surface area contributed by atoms with E-state index in [-0.39, 0.29) is 18.6 Å². The van der Waals surface area contributed by atoms with Crippen LogP contribution in [0.5, 0.6) is 0 Å². The Balaban J connectivity index is 1.38. The van der Waals surface area contributed by atoms with E-state index in [4.69, 9.17) is 9.47 Å². The normalized spacial score (nSPS) is 17.6. The molecule has 0 bridgehead atoms. The molecule has 0 spiro atoms. The predicted octanol–water partition coefficient (Wildman–Crippen LogP) is 2.41. The fourth-order valence-corrected chi connectivity index (χ4v) is 3.24. The van der Waals surface area contributed by atoms with Crippen LogP contribution in [0.4, 0.5) is 0 Å². The van der Waals surface area contributed by atoms with Crippen LogP contribution in [0.1, 0.15) is 25.0 Å². The first-order valence-corrected chi connectivity index (χ1v) is 9.05. The Bertz CT molecular complexity index is 642. The summed E-state index contributed by atoms with van der Waals surface area (Å²) in [4.78, 5) is 20.7. The van der Waals surface area contributed by atoms with Gasteiger partial charge in [0.05, 0.1) is 24.4 Å². The van der Waals surface area contributed by atoms with Crippen LogP contribution >= 0.6 is 11.3 Å². The first-order valence-electron chi connectivity index (χ1n) is 8.17. The van der Waals surface area contributed by atoms with Gasteiger partial charge in [0.2, 0.25) is 5.91 Å². The number of nitrogens with zero attached hydrogens (tertiary/aromatic N) is 2. The van der Waals surface area contributed by atoms with E-state index in [1.165, 1.54) is 11.3 Å². The van der Waals surface area contributed by atoms with Gasteiger partial charge < -0.3 is 14.8 Å². The van der Waals surface area contributed by atoms with Gasteiger partial charge in [-0.15, -0.1) is 11.3 Å². The molecule has 0 saturated carbocycles. The standard InChI is InChI=1S/C17H21N3O3S/c21-15(19-8-10-23-16-6-2-4-9-22-16)11-13-12-24-17(20-13)14-5-1-3-7-18-14/h1,3,5,7,12,16H,2,4,6,8-11H2,(H,19,21). The van der Waals surface area contributed by atoms with Crippen molar-refractivity contribution in [2.75, 3.05) is 19.8 Å². The molecule has 1 aliphatic heterocycles. The molecule has 128 valence electrons. The molecule has 1 N–H and O–H groups in total. The summed E-state index contributed by atoms with van der Waals surface area (Å²) in [7, 11) is 0. The number of ether oxygens (including phenoxy) is 2. The van der Waals surface area contributed by atoms with Gasteiger partial charge in [0, 0.05) is 24.7 Å². The Morgan fingerprint density at radius 1 is 1.42 bits per heavy atom. The lowest BCUT2D eigenvalue weighted by Crippen LogP contribution is -2.31. The molecule has 3 rings (SSSR count). The van der Waals surface area contributed by atoms with Gasteiger partial charge in [-0.2, -0.15) is 0 Å². The highest BCUT2D eigenvalue weighted by Gasteiger charge is 2.14. The fourth-order valence-electron chi connectivity index (χ4n) is 2.45. The van der Waals surface area contributed by atoms with E-state index < -0.39 is 0 Å². The minimum absolute atomic E-state index is 0.0546. The third-order valence-corrected chi connectivity index (χ3v) is 4.56. The molecule has 0 aromatic carbocycles. The second kappa shape index (κ2) is 8.86. The van der Waals surface area contributed by atoms with Crippen LogP contribution in [-0.2, 0) is 20.7 Å². The lowest BCUT2D eigenvalue weighted by Gasteiger charge is -2.22. The number of hydrogen-bond acceptors (Lipinski definition) is 6.